The average molecular weight is 484 g/mol. The van der Waals surface area contributed by atoms with Crippen LogP contribution in [-0.2, 0) is 20.8 Å². The molecule has 2 heterocycles. The Bertz CT molecular complexity index is 1110. The standard InChI is InChI=1S/C25H29N3O7/c1-27(24(31)10-16-5-6-22-20(9-16)26-23(30)14-35-22)21(13-28-8-7-18(29)12-28)17-3-2-4-19(11-17)34-15-25(32)33/h2-6,9,11,18,21,29H,7-8,10,12-15H2,1H3,(H,26,30)(H,32,33)/t18-,21?/m1/s1. The number of likely N-dealkylation sites (tertiary alicyclic amines) is 1. The van der Waals surface area contributed by atoms with Crippen molar-refractivity contribution in [2.45, 2.75) is 25.0 Å². The zero-order valence-corrected chi connectivity index (χ0v) is 19.5. The van der Waals surface area contributed by atoms with Crippen LogP contribution in [0.15, 0.2) is 42.5 Å². The number of likely N-dealkylation sites (N-methyl/N-ethyl adjacent to an activating group) is 1. The molecule has 1 unspecified atom stereocenters. The lowest BCUT2D eigenvalue weighted by Crippen LogP contribution is -2.39. The van der Waals surface area contributed by atoms with Gasteiger partial charge in [-0.25, -0.2) is 4.79 Å². The molecule has 35 heavy (non-hydrogen) atoms. The number of amides is 2. The number of hydrogen-bond donors (Lipinski definition) is 3. The molecule has 2 amide bonds. The number of carboxylic acid groups (broad SMARTS) is 1. The predicted molar refractivity (Wildman–Crippen MR) is 126 cm³/mol. The minimum Gasteiger partial charge on any atom is -0.482 e. The number of aliphatic carboxylic acids is 1. The lowest BCUT2D eigenvalue weighted by atomic mass is 10.0. The second kappa shape index (κ2) is 10.7. The van der Waals surface area contributed by atoms with E-state index in [1.165, 1.54) is 0 Å². The third-order valence-electron chi connectivity index (χ3n) is 6.18. The first kappa shape index (κ1) is 24.5. The van der Waals surface area contributed by atoms with Gasteiger partial charge in [0.05, 0.1) is 24.3 Å². The highest BCUT2D eigenvalue weighted by Crippen LogP contribution is 2.30. The zero-order valence-electron chi connectivity index (χ0n) is 19.5. The topological polar surface area (TPSA) is 129 Å². The van der Waals surface area contributed by atoms with Crippen LogP contribution >= 0.6 is 0 Å². The van der Waals surface area contributed by atoms with E-state index in [9.17, 15) is 19.5 Å². The molecule has 2 aromatic carbocycles. The Labute approximate surface area is 203 Å². The number of ether oxygens (including phenoxy) is 2. The largest absolute Gasteiger partial charge is 0.482 e. The van der Waals surface area contributed by atoms with Crippen LogP contribution < -0.4 is 14.8 Å². The number of hydrogen-bond acceptors (Lipinski definition) is 7. The smallest absolute Gasteiger partial charge is 0.341 e. The van der Waals surface area contributed by atoms with Gasteiger partial charge in [-0.15, -0.1) is 0 Å². The highest BCUT2D eigenvalue weighted by atomic mass is 16.5. The predicted octanol–water partition coefficient (Wildman–Crippen LogP) is 1.29. The summed E-state index contributed by atoms with van der Waals surface area (Å²) in [7, 11) is 1.73. The summed E-state index contributed by atoms with van der Waals surface area (Å²) in [5.74, 6) is -0.470. The van der Waals surface area contributed by atoms with Gasteiger partial charge in [-0.3, -0.25) is 14.5 Å². The molecule has 2 aromatic rings. The molecular formula is C25H29N3O7. The number of fused-ring (bicyclic) bond motifs is 1. The van der Waals surface area contributed by atoms with Crippen LogP contribution in [0.2, 0.25) is 0 Å². The maximum Gasteiger partial charge on any atom is 0.341 e. The molecule has 0 spiro atoms. The summed E-state index contributed by atoms with van der Waals surface area (Å²) in [5.41, 5.74) is 2.08. The molecule has 4 rings (SSSR count). The van der Waals surface area contributed by atoms with Crippen LogP contribution in [0.4, 0.5) is 5.69 Å². The van der Waals surface area contributed by atoms with Crippen LogP contribution in [0.1, 0.15) is 23.6 Å². The third kappa shape index (κ3) is 6.28. The molecule has 0 saturated carbocycles. The summed E-state index contributed by atoms with van der Waals surface area (Å²) < 4.78 is 10.7. The van der Waals surface area contributed by atoms with Crippen molar-refractivity contribution in [2.75, 3.05) is 45.2 Å². The van der Waals surface area contributed by atoms with Crippen molar-refractivity contribution in [1.29, 1.82) is 0 Å². The molecule has 1 saturated heterocycles. The fourth-order valence-electron chi connectivity index (χ4n) is 4.34. The Hall–Kier alpha value is -3.63. The Morgan fingerprint density at radius 2 is 2.11 bits per heavy atom. The highest BCUT2D eigenvalue weighted by molar-refractivity contribution is 5.95. The monoisotopic (exact) mass is 483 g/mol. The summed E-state index contributed by atoms with van der Waals surface area (Å²) in [5, 5.41) is 21.6. The lowest BCUT2D eigenvalue weighted by molar-refractivity contribution is -0.139. The summed E-state index contributed by atoms with van der Waals surface area (Å²) in [6, 6.07) is 12.0. The van der Waals surface area contributed by atoms with E-state index in [4.69, 9.17) is 14.6 Å². The SMILES string of the molecule is CN(C(=O)Cc1ccc2c(c1)NC(=O)CO2)C(CN1CC[C@@H](O)C1)c1cccc(OCC(=O)O)c1. The molecule has 0 radical (unpaired) electrons. The Kier molecular flexibility index (Phi) is 7.52. The summed E-state index contributed by atoms with van der Waals surface area (Å²) >= 11 is 0. The first-order valence-corrected chi connectivity index (χ1v) is 11.4. The van der Waals surface area contributed by atoms with Crippen molar-refractivity contribution < 1.29 is 34.1 Å². The van der Waals surface area contributed by atoms with Gasteiger partial charge in [0.2, 0.25) is 5.91 Å². The highest BCUT2D eigenvalue weighted by Gasteiger charge is 2.29. The number of rotatable bonds is 9. The second-order valence-electron chi connectivity index (χ2n) is 8.82. The van der Waals surface area contributed by atoms with Crippen LogP contribution in [0.3, 0.4) is 0 Å². The van der Waals surface area contributed by atoms with Gasteiger partial charge >= 0.3 is 5.97 Å². The van der Waals surface area contributed by atoms with Gasteiger partial charge in [0.1, 0.15) is 11.5 Å². The fraction of sp³-hybridized carbons (Fsp3) is 0.400. The molecule has 186 valence electrons. The number of β-amino-alcohol motifs (C(OH)–C–C–N with tert-alkyl or cyclic N) is 1. The van der Waals surface area contributed by atoms with Crippen molar-refractivity contribution in [3.05, 3.63) is 53.6 Å². The van der Waals surface area contributed by atoms with E-state index in [2.05, 4.69) is 10.2 Å². The molecule has 10 heteroatoms. The van der Waals surface area contributed by atoms with Gasteiger partial charge in [-0.2, -0.15) is 0 Å². The van der Waals surface area contributed by atoms with Gasteiger partial charge in [-0.1, -0.05) is 18.2 Å². The molecule has 1 fully saturated rings. The van der Waals surface area contributed by atoms with Crippen molar-refractivity contribution in [2.24, 2.45) is 0 Å². The lowest BCUT2D eigenvalue weighted by Gasteiger charge is -2.32. The second-order valence-corrected chi connectivity index (χ2v) is 8.82. The molecule has 2 aliphatic heterocycles. The number of benzene rings is 2. The number of nitrogens with one attached hydrogen (secondary N) is 1. The van der Waals surface area contributed by atoms with Crippen molar-refractivity contribution in [1.82, 2.24) is 9.80 Å². The van der Waals surface area contributed by atoms with Crippen LogP contribution in [0, 0.1) is 0 Å². The quantitative estimate of drug-likeness (QED) is 0.487. The summed E-state index contributed by atoms with van der Waals surface area (Å²) in [4.78, 5) is 39.6. The van der Waals surface area contributed by atoms with E-state index < -0.39 is 18.7 Å². The Balaban J connectivity index is 1.53. The van der Waals surface area contributed by atoms with Crippen LogP contribution in [0.25, 0.3) is 0 Å². The molecule has 0 bridgehead atoms. The van der Waals surface area contributed by atoms with Crippen LogP contribution in [0.5, 0.6) is 11.5 Å². The first-order chi connectivity index (χ1) is 16.8. The molecule has 3 N–H and O–H groups in total. The Morgan fingerprint density at radius 1 is 1.29 bits per heavy atom. The molecular weight excluding hydrogens is 454 g/mol. The van der Waals surface area contributed by atoms with Gasteiger partial charge < -0.3 is 29.9 Å². The number of aliphatic hydroxyl groups excluding tert-OH is 1. The number of carbonyl (C=O) groups excluding carboxylic acids is 2. The van der Waals surface area contributed by atoms with E-state index >= 15 is 0 Å². The third-order valence-corrected chi connectivity index (χ3v) is 6.18. The normalized spacial score (nSPS) is 18.2. The maximum absolute atomic E-state index is 13.3. The molecule has 0 aliphatic carbocycles. The summed E-state index contributed by atoms with van der Waals surface area (Å²) in [6.45, 7) is 1.27. The number of aliphatic hydroxyl groups is 1. The average Bonchev–Trinajstić information content (AvgIpc) is 3.25. The summed E-state index contributed by atoms with van der Waals surface area (Å²) in [6.07, 6.45) is 0.401. The molecule has 0 aromatic heterocycles. The van der Waals surface area contributed by atoms with E-state index in [0.717, 1.165) is 17.7 Å². The molecule has 2 atom stereocenters. The molecule has 2 aliphatic rings. The van der Waals surface area contributed by atoms with E-state index in [0.29, 0.717) is 36.7 Å². The fourth-order valence-corrected chi connectivity index (χ4v) is 4.34. The van der Waals surface area contributed by atoms with Crippen molar-refractivity contribution >= 4 is 23.5 Å². The van der Waals surface area contributed by atoms with Gasteiger partial charge in [-0.05, 0) is 41.8 Å². The number of anilines is 1. The van der Waals surface area contributed by atoms with Crippen LogP contribution in [-0.4, -0.2) is 83.8 Å². The van der Waals surface area contributed by atoms with Gasteiger partial charge in [0, 0.05) is 26.7 Å². The van der Waals surface area contributed by atoms with E-state index in [-0.39, 0.29) is 30.9 Å². The minimum atomic E-state index is -1.07. The Morgan fingerprint density at radius 3 is 2.86 bits per heavy atom. The van der Waals surface area contributed by atoms with E-state index in [1.807, 2.05) is 6.07 Å². The zero-order chi connectivity index (χ0) is 24.9. The van der Waals surface area contributed by atoms with Crippen molar-refractivity contribution in [3.8, 4) is 11.5 Å². The minimum absolute atomic E-state index is 0.0316. The van der Waals surface area contributed by atoms with Gasteiger partial charge in [0.25, 0.3) is 5.91 Å². The van der Waals surface area contributed by atoms with Crippen molar-refractivity contribution in [3.63, 3.8) is 0 Å². The first-order valence-electron chi connectivity index (χ1n) is 11.4. The number of carboxylic acids is 1. The van der Waals surface area contributed by atoms with Gasteiger partial charge in [0.15, 0.2) is 13.2 Å². The molecule has 10 nitrogen and oxygen atoms in total. The number of carbonyl (C=O) groups is 3. The number of nitrogens with zero attached hydrogens (tertiary/aromatic N) is 2. The maximum atomic E-state index is 13.3. The van der Waals surface area contributed by atoms with E-state index in [1.54, 1.807) is 48.3 Å².